The molecule has 2 nitrogen and oxygen atoms in total. The minimum Gasteiger partial charge on any atom is -0.317 e. The Balaban J connectivity index is 1.57. The minimum atomic E-state index is 0.952. The smallest absolute Gasteiger partial charge is 0.00463 e. The van der Waals surface area contributed by atoms with Crippen LogP contribution in [0.5, 0.6) is 0 Å². The van der Waals surface area contributed by atoms with Crippen LogP contribution in [0.2, 0.25) is 0 Å². The summed E-state index contributed by atoms with van der Waals surface area (Å²) in [6, 6.07) is 0. The van der Waals surface area contributed by atoms with E-state index in [0.29, 0.717) is 0 Å². The number of hydrogen-bond acceptors (Lipinski definition) is 2. The average Bonchev–Trinajstić information content (AvgIpc) is 2.39. The highest BCUT2D eigenvalue weighted by Crippen LogP contribution is 2.27. The lowest BCUT2D eigenvalue weighted by molar-refractivity contribution is 0.273. The highest BCUT2D eigenvalue weighted by atomic mass is 14.9. The largest absolute Gasteiger partial charge is 0.317 e. The van der Waals surface area contributed by atoms with E-state index in [9.17, 15) is 0 Å². The van der Waals surface area contributed by atoms with E-state index in [1.54, 1.807) is 0 Å². The third-order valence-corrected chi connectivity index (χ3v) is 4.72. The quantitative estimate of drug-likeness (QED) is 0.769. The Bertz CT molecular complexity index is 193. The molecule has 0 saturated carbocycles. The van der Waals surface area contributed by atoms with Crippen LogP contribution in [0.3, 0.4) is 0 Å². The van der Waals surface area contributed by atoms with Crippen molar-refractivity contribution in [2.45, 2.75) is 51.9 Å². The molecule has 100 valence electrons. The molecular formula is C15H30N2. The molecule has 2 fully saturated rings. The first-order valence-corrected chi connectivity index (χ1v) is 7.76. The second-order valence-electron chi connectivity index (χ2n) is 6.30. The molecule has 1 unspecified atom stereocenters. The van der Waals surface area contributed by atoms with Crippen LogP contribution in [0.1, 0.15) is 51.9 Å². The molecule has 2 saturated heterocycles. The zero-order valence-electron chi connectivity index (χ0n) is 11.5. The summed E-state index contributed by atoms with van der Waals surface area (Å²) in [6.07, 6.45) is 10.1. The first-order chi connectivity index (χ1) is 8.34. The molecule has 1 atom stereocenters. The summed E-state index contributed by atoms with van der Waals surface area (Å²) in [5, 5.41) is 6.93. The fraction of sp³-hybridized carbons (Fsp3) is 1.00. The van der Waals surface area contributed by atoms with Gasteiger partial charge in [-0.05, 0) is 76.0 Å². The first kappa shape index (κ1) is 13.4. The van der Waals surface area contributed by atoms with E-state index in [2.05, 4.69) is 17.6 Å². The van der Waals surface area contributed by atoms with Crippen molar-refractivity contribution in [1.82, 2.24) is 10.6 Å². The number of hydrogen-bond donors (Lipinski definition) is 2. The van der Waals surface area contributed by atoms with E-state index in [1.807, 2.05) is 0 Å². The van der Waals surface area contributed by atoms with Crippen LogP contribution >= 0.6 is 0 Å². The molecule has 2 heteroatoms. The van der Waals surface area contributed by atoms with Gasteiger partial charge in [0.15, 0.2) is 0 Å². The van der Waals surface area contributed by atoms with Crippen molar-refractivity contribution >= 4 is 0 Å². The lowest BCUT2D eigenvalue weighted by atomic mass is 9.84. The lowest BCUT2D eigenvalue weighted by Crippen LogP contribution is -2.29. The van der Waals surface area contributed by atoms with Crippen LogP contribution in [-0.2, 0) is 0 Å². The average molecular weight is 238 g/mol. The molecule has 17 heavy (non-hydrogen) atoms. The minimum absolute atomic E-state index is 0.952. The molecule has 0 bridgehead atoms. The van der Waals surface area contributed by atoms with Crippen molar-refractivity contribution in [3.05, 3.63) is 0 Å². The predicted molar refractivity (Wildman–Crippen MR) is 74.2 cm³/mol. The maximum Gasteiger partial charge on any atom is -0.00463 e. The maximum absolute atomic E-state index is 3.46. The molecule has 0 spiro atoms. The van der Waals surface area contributed by atoms with E-state index >= 15 is 0 Å². The molecule has 0 radical (unpaired) electrons. The van der Waals surface area contributed by atoms with Crippen molar-refractivity contribution in [3.8, 4) is 0 Å². The summed E-state index contributed by atoms with van der Waals surface area (Å²) in [6.45, 7) is 7.50. The third kappa shape index (κ3) is 4.97. The van der Waals surface area contributed by atoms with Gasteiger partial charge < -0.3 is 10.6 Å². The molecule has 2 N–H and O–H groups in total. The van der Waals surface area contributed by atoms with Crippen molar-refractivity contribution < 1.29 is 0 Å². The second kappa shape index (κ2) is 7.38. The molecule has 0 aromatic rings. The predicted octanol–water partition coefficient (Wildman–Crippen LogP) is 2.79. The van der Waals surface area contributed by atoms with E-state index in [0.717, 1.165) is 17.8 Å². The van der Waals surface area contributed by atoms with Gasteiger partial charge in [0.25, 0.3) is 0 Å². The highest BCUT2D eigenvalue weighted by molar-refractivity contribution is 4.73. The van der Waals surface area contributed by atoms with E-state index in [-0.39, 0.29) is 0 Å². The van der Waals surface area contributed by atoms with Crippen LogP contribution in [0.25, 0.3) is 0 Å². The molecule has 0 aromatic carbocycles. The lowest BCUT2D eigenvalue weighted by Gasteiger charge is -2.27. The van der Waals surface area contributed by atoms with Gasteiger partial charge in [-0.1, -0.05) is 19.8 Å². The first-order valence-electron chi connectivity index (χ1n) is 7.76. The van der Waals surface area contributed by atoms with Crippen molar-refractivity contribution in [3.63, 3.8) is 0 Å². The van der Waals surface area contributed by atoms with Gasteiger partial charge in [-0.3, -0.25) is 0 Å². The van der Waals surface area contributed by atoms with Crippen LogP contribution in [0.15, 0.2) is 0 Å². The summed E-state index contributed by atoms with van der Waals surface area (Å²) < 4.78 is 0. The summed E-state index contributed by atoms with van der Waals surface area (Å²) in [4.78, 5) is 0. The maximum atomic E-state index is 3.46. The van der Waals surface area contributed by atoms with Gasteiger partial charge in [0.1, 0.15) is 0 Å². The van der Waals surface area contributed by atoms with Crippen LogP contribution in [-0.4, -0.2) is 26.2 Å². The molecule has 2 heterocycles. The van der Waals surface area contributed by atoms with Crippen molar-refractivity contribution in [2.24, 2.45) is 17.8 Å². The fourth-order valence-corrected chi connectivity index (χ4v) is 3.49. The summed E-state index contributed by atoms with van der Waals surface area (Å²) in [5.41, 5.74) is 0. The second-order valence-corrected chi connectivity index (χ2v) is 6.30. The summed E-state index contributed by atoms with van der Waals surface area (Å²) in [7, 11) is 0. The van der Waals surface area contributed by atoms with Crippen molar-refractivity contribution in [1.29, 1.82) is 0 Å². The topological polar surface area (TPSA) is 24.1 Å². The molecule has 0 aromatic heterocycles. The van der Waals surface area contributed by atoms with Gasteiger partial charge in [0.05, 0.1) is 0 Å². The van der Waals surface area contributed by atoms with E-state index in [4.69, 9.17) is 0 Å². The molecule has 2 aliphatic rings. The normalized spacial score (nSPS) is 25.9. The van der Waals surface area contributed by atoms with E-state index < -0.39 is 0 Å². The zero-order valence-corrected chi connectivity index (χ0v) is 11.5. The van der Waals surface area contributed by atoms with Gasteiger partial charge in [0.2, 0.25) is 0 Å². The highest BCUT2D eigenvalue weighted by Gasteiger charge is 2.18. The summed E-state index contributed by atoms with van der Waals surface area (Å²) >= 11 is 0. The number of nitrogens with one attached hydrogen (secondary N) is 2. The molecule has 2 rings (SSSR count). The fourth-order valence-electron chi connectivity index (χ4n) is 3.49. The zero-order chi connectivity index (χ0) is 11.9. The molecule has 0 aliphatic carbocycles. The summed E-state index contributed by atoms with van der Waals surface area (Å²) in [5.74, 6) is 2.99. The van der Waals surface area contributed by atoms with Crippen LogP contribution in [0.4, 0.5) is 0 Å². The Morgan fingerprint density at radius 1 is 0.882 bits per heavy atom. The van der Waals surface area contributed by atoms with Crippen LogP contribution in [0, 0.1) is 17.8 Å². The standard InChI is InChI=1S/C15H30N2/c1-13(12-15-6-10-17-11-7-15)2-3-14-4-8-16-9-5-14/h13-17H,2-12H2,1H3. The molecule has 2 aliphatic heterocycles. The van der Waals surface area contributed by atoms with Crippen LogP contribution < -0.4 is 10.6 Å². The Morgan fingerprint density at radius 2 is 1.41 bits per heavy atom. The van der Waals surface area contributed by atoms with Gasteiger partial charge in [0, 0.05) is 0 Å². The number of piperidine rings is 2. The third-order valence-electron chi connectivity index (χ3n) is 4.72. The van der Waals surface area contributed by atoms with Gasteiger partial charge in [-0.25, -0.2) is 0 Å². The molecular weight excluding hydrogens is 208 g/mol. The number of rotatable bonds is 5. The SMILES string of the molecule is CC(CCC1CCNCC1)CC1CCNCC1. The monoisotopic (exact) mass is 238 g/mol. The van der Waals surface area contributed by atoms with Gasteiger partial charge in [-0.2, -0.15) is 0 Å². The Morgan fingerprint density at radius 3 is 2.00 bits per heavy atom. The van der Waals surface area contributed by atoms with Gasteiger partial charge >= 0.3 is 0 Å². The van der Waals surface area contributed by atoms with Crippen molar-refractivity contribution in [2.75, 3.05) is 26.2 Å². The Kier molecular flexibility index (Phi) is 5.79. The van der Waals surface area contributed by atoms with E-state index in [1.165, 1.54) is 71.1 Å². The van der Waals surface area contributed by atoms with Gasteiger partial charge in [-0.15, -0.1) is 0 Å². The Labute approximate surface area is 107 Å². The Hall–Kier alpha value is -0.0800. The molecule has 0 amide bonds.